The van der Waals surface area contributed by atoms with Crippen molar-refractivity contribution in [2.24, 2.45) is 0 Å². The van der Waals surface area contributed by atoms with Crippen LogP contribution in [0.3, 0.4) is 0 Å². The Balaban J connectivity index is 1.77. The van der Waals surface area contributed by atoms with Crippen LogP contribution in [0.2, 0.25) is 0 Å². The van der Waals surface area contributed by atoms with Crippen molar-refractivity contribution in [3.8, 4) is 0 Å². The van der Waals surface area contributed by atoms with Crippen LogP contribution in [-0.4, -0.2) is 35.6 Å². The van der Waals surface area contributed by atoms with Gasteiger partial charge >= 0.3 is 0 Å². The predicted octanol–water partition coefficient (Wildman–Crippen LogP) is 2.29. The van der Waals surface area contributed by atoms with E-state index in [1.807, 2.05) is 30.3 Å². The first-order valence-corrected chi connectivity index (χ1v) is 9.78. The van der Waals surface area contributed by atoms with Crippen LogP contribution in [0.4, 0.5) is 5.69 Å². The molecule has 0 aliphatic rings. The lowest BCUT2D eigenvalue weighted by molar-refractivity contribution is 0.102. The fraction of sp³-hybridized carbons (Fsp3) is 0.167. The topological polar surface area (TPSA) is 94.0 Å². The van der Waals surface area contributed by atoms with Crippen molar-refractivity contribution in [2.45, 2.75) is 18.4 Å². The molecule has 2 aromatic carbocycles. The predicted molar refractivity (Wildman–Crippen MR) is 97.8 cm³/mol. The van der Waals surface area contributed by atoms with Crippen LogP contribution >= 0.6 is 0 Å². The maximum Gasteiger partial charge on any atom is 0.277 e. The summed E-state index contributed by atoms with van der Waals surface area (Å²) >= 11 is 0. The SMILES string of the molecule is Cc1ccc(S(C)(=O)=O)cc1NC(=O)c1cn(Cc2ccccc2)nn1. The summed E-state index contributed by atoms with van der Waals surface area (Å²) in [5, 5.41) is 10.6. The van der Waals surface area contributed by atoms with Gasteiger partial charge in [0, 0.05) is 11.9 Å². The summed E-state index contributed by atoms with van der Waals surface area (Å²) in [7, 11) is -3.36. The number of aryl methyl sites for hydroxylation is 1. The third-order valence-corrected chi connectivity index (χ3v) is 4.95. The lowest BCUT2D eigenvalue weighted by Gasteiger charge is -2.08. The molecule has 3 aromatic rings. The smallest absolute Gasteiger partial charge is 0.277 e. The number of rotatable bonds is 5. The zero-order valence-corrected chi connectivity index (χ0v) is 15.2. The molecule has 0 saturated carbocycles. The summed E-state index contributed by atoms with van der Waals surface area (Å²) in [6.45, 7) is 2.29. The Labute approximate surface area is 151 Å². The molecule has 7 nitrogen and oxygen atoms in total. The van der Waals surface area contributed by atoms with Gasteiger partial charge in [0.2, 0.25) is 0 Å². The lowest BCUT2D eigenvalue weighted by Crippen LogP contribution is -2.14. The van der Waals surface area contributed by atoms with E-state index in [1.165, 1.54) is 12.1 Å². The summed E-state index contributed by atoms with van der Waals surface area (Å²) in [5.41, 5.74) is 2.38. The van der Waals surface area contributed by atoms with Gasteiger partial charge in [0.15, 0.2) is 15.5 Å². The summed E-state index contributed by atoms with van der Waals surface area (Å²) in [6.07, 6.45) is 2.68. The number of hydrogen-bond acceptors (Lipinski definition) is 5. The number of anilines is 1. The first kappa shape index (κ1) is 17.8. The van der Waals surface area contributed by atoms with Gasteiger partial charge in [0.1, 0.15) is 0 Å². The van der Waals surface area contributed by atoms with Crippen molar-refractivity contribution in [3.63, 3.8) is 0 Å². The molecule has 0 spiro atoms. The van der Waals surface area contributed by atoms with E-state index in [-0.39, 0.29) is 10.6 Å². The van der Waals surface area contributed by atoms with Crippen molar-refractivity contribution in [3.05, 3.63) is 71.5 Å². The summed E-state index contributed by atoms with van der Waals surface area (Å²) in [6, 6.07) is 14.3. The molecule has 3 rings (SSSR count). The molecule has 0 bridgehead atoms. The van der Waals surface area contributed by atoms with Gasteiger partial charge in [-0.25, -0.2) is 13.1 Å². The molecule has 26 heavy (non-hydrogen) atoms. The van der Waals surface area contributed by atoms with Gasteiger partial charge in [-0.15, -0.1) is 5.10 Å². The van der Waals surface area contributed by atoms with Crippen LogP contribution in [0.15, 0.2) is 59.6 Å². The van der Waals surface area contributed by atoms with Crippen molar-refractivity contribution in [1.82, 2.24) is 15.0 Å². The van der Waals surface area contributed by atoms with E-state index in [9.17, 15) is 13.2 Å². The van der Waals surface area contributed by atoms with Crippen LogP contribution in [0, 0.1) is 6.92 Å². The highest BCUT2D eigenvalue weighted by molar-refractivity contribution is 7.90. The van der Waals surface area contributed by atoms with Gasteiger partial charge in [0.25, 0.3) is 5.91 Å². The van der Waals surface area contributed by atoms with E-state index >= 15 is 0 Å². The van der Waals surface area contributed by atoms with E-state index in [1.54, 1.807) is 23.9 Å². The highest BCUT2D eigenvalue weighted by Crippen LogP contribution is 2.20. The first-order chi connectivity index (χ1) is 12.3. The van der Waals surface area contributed by atoms with E-state index in [2.05, 4.69) is 15.6 Å². The molecule has 0 radical (unpaired) electrons. The zero-order chi connectivity index (χ0) is 18.7. The molecule has 134 valence electrons. The highest BCUT2D eigenvalue weighted by atomic mass is 32.2. The number of carbonyl (C=O) groups is 1. The van der Waals surface area contributed by atoms with E-state index in [0.29, 0.717) is 12.2 Å². The number of hydrogen-bond donors (Lipinski definition) is 1. The molecule has 0 aliphatic carbocycles. The molecular formula is C18H18N4O3S. The van der Waals surface area contributed by atoms with Crippen LogP contribution in [0.25, 0.3) is 0 Å². The normalized spacial score (nSPS) is 11.3. The van der Waals surface area contributed by atoms with Crippen molar-refractivity contribution >= 4 is 21.4 Å². The van der Waals surface area contributed by atoms with Gasteiger partial charge in [-0.05, 0) is 30.2 Å². The fourth-order valence-electron chi connectivity index (χ4n) is 2.40. The molecule has 0 aliphatic heterocycles. The fourth-order valence-corrected chi connectivity index (χ4v) is 3.05. The van der Waals surface area contributed by atoms with Crippen LogP contribution in [0.5, 0.6) is 0 Å². The maximum absolute atomic E-state index is 12.4. The Morgan fingerprint density at radius 1 is 1.15 bits per heavy atom. The minimum absolute atomic E-state index is 0.145. The zero-order valence-electron chi connectivity index (χ0n) is 14.4. The van der Waals surface area contributed by atoms with E-state index < -0.39 is 15.7 Å². The van der Waals surface area contributed by atoms with Crippen LogP contribution in [-0.2, 0) is 16.4 Å². The molecule has 0 atom stereocenters. The monoisotopic (exact) mass is 370 g/mol. The number of benzene rings is 2. The van der Waals surface area contributed by atoms with Crippen LogP contribution < -0.4 is 5.32 Å². The van der Waals surface area contributed by atoms with Crippen molar-refractivity contribution < 1.29 is 13.2 Å². The Kier molecular flexibility index (Phi) is 4.85. The minimum atomic E-state index is -3.36. The Bertz CT molecular complexity index is 1040. The molecule has 1 aromatic heterocycles. The molecular weight excluding hydrogens is 352 g/mol. The average Bonchev–Trinajstić information content (AvgIpc) is 3.05. The largest absolute Gasteiger partial charge is 0.320 e. The Morgan fingerprint density at radius 3 is 2.58 bits per heavy atom. The second-order valence-electron chi connectivity index (χ2n) is 5.99. The molecule has 0 unspecified atom stereocenters. The van der Waals surface area contributed by atoms with Gasteiger partial charge in [-0.1, -0.05) is 41.6 Å². The molecule has 8 heteroatoms. The van der Waals surface area contributed by atoms with E-state index in [0.717, 1.165) is 17.4 Å². The lowest BCUT2D eigenvalue weighted by atomic mass is 10.2. The van der Waals surface area contributed by atoms with Gasteiger partial charge < -0.3 is 5.32 Å². The van der Waals surface area contributed by atoms with Gasteiger partial charge in [-0.2, -0.15) is 0 Å². The number of sulfone groups is 1. The van der Waals surface area contributed by atoms with Crippen LogP contribution in [0.1, 0.15) is 21.6 Å². The quantitative estimate of drug-likeness (QED) is 0.744. The number of carbonyl (C=O) groups excluding carboxylic acids is 1. The minimum Gasteiger partial charge on any atom is -0.320 e. The number of aromatic nitrogens is 3. The second-order valence-corrected chi connectivity index (χ2v) is 8.01. The summed E-state index contributed by atoms with van der Waals surface area (Å²) < 4.78 is 25.0. The van der Waals surface area contributed by atoms with Gasteiger partial charge in [0.05, 0.1) is 17.6 Å². The highest BCUT2D eigenvalue weighted by Gasteiger charge is 2.15. The number of nitrogens with zero attached hydrogens (tertiary/aromatic N) is 3. The summed E-state index contributed by atoms with van der Waals surface area (Å²) in [5.74, 6) is -0.446. The second kappa shape index (κ2) is 7.09. The first-order valence-electron chi connectivity index (χ1n) is 7.89. The number of amides is 1. The Morgan fingerprint density at radius 2 is 1.88 bits per heavy atom. The van der Waals surface area contributed by atoms with Crippen molar-refractivity contribution in [2.75, 3.05) is 11.6 Å². The average molecular weight is 370 g/mol. The number of nitrogens with one attached hydrogen (secondary N) is 1. The van der Waals surface area contributed by atoms with Crippen molar-refractivity contribution in [1.29, 1.82) is 0 Å². The molecule has 1 N–H and O–H groups in total. The molecule has 0 saturated heterocycles. The van der Waals surface area contributed by atoms with Gasteiger partial charge in [-0.3, -0.25) is 4.79 Å². The maximum atomic E-state index is 12.4. The summed E-state index contributed by atoms with van der Waals surface area (Å²) in [4.78, 5) is 12.6. The Hall–Kier alpha value is -3.00. The third-order valence-electron chi connectivity index (χ3n) is 3.84. The molecule has 0 fully saturated rings. The molecule has 1 amide bonds. The van der Waals surface area contributed by atoms with E-state index in [4.69, 9.17) is 0 Å². The third kappa shape index (κ3) is 4.15. The molecule has 1 heterocycles. The standard InChI is InChI=1S/C18H18N4O3S/c1-13-8-9-15(26(2,24)25)10-16(13)19-18(23)17-12-22(21-20-17)11-14-6-4-3-5-7-14/h3-10,12H,11H2,1-2H3,(H,19,23).